The van der Waals surface area contributed by atoms with Crippen molar-refractivity contribution in [2.24, 2.45) is 11.8 Å². The van der Waals surface area contributed by atoms with Crippen molar-refractivity contribution in [2.75, 3.05) is 39.5 Å². The molecule has 0 spiro atoms. The summed E-state index contributed by atoms with van der Waals surface area (Å²) in [6, 6.07) is 5.97. The van der Waals surface area contributed by atoms with Gasteiger partial charge in [0.15, 0.2) is 0 Å². The Morgan fingerprint density at radius 1 is 1.29 bits per heavy atom. The smallest absolute Gasteiger partial charge is 0.0967 e. The molecule has 1 atom stereocenters. The lowest BCUT2D eigenvalue weighted by Gasteiger charge is -2.39. The molecule has 1 unspecified atom stereocenters. The fourth-order valence-electron chi connectivity index (χ4n) is 3.23. The van der Waals surface area contributed by atoms with Crippen LogP contribution in [0.2, 0.25) is 0 Å². The largest absolute Gasteiger partial charge is 0.381 e. The summed E-state index contributed by atoms with van der Waals surface area (Å²) in [7, 11) is 0. The number of likely N-dealkylation sites (tertiary alicyclic amines) is 1. The number of aromatic nitrogens is 1. The third-order valence-electron chi connectivity index (χ3n) is 4.84. The van der Waals surface area contributed by atoms with Gasteiger partial charge in [0.1, 0.15) is 0 Å². The average molecular weight is 290 g/mol. The Hall–Kier alpha value is -0.970. The second kappa shape index (κ2) is 7.34. The van der Waals surface area contributed by atoms with Gasteiger partial charge >= 0.3 is 0 Å². The second-order valence-electron chi connectivity index (χ2n) is 6.24. The molecule has 0 saturated carbocycles. The van der Waals surface area contributed by atoms with Crippen LogP contribution >= 0.6 is 0 Å². The van der Waals surface area contributed by atoms with Crippen LogP contribution in [0.25, 0.3) is 0 Å². The predicted octanol–water partition coefficient (Wildman–Crippen LogP) is 2.52. The molecule has 2 saturated heterocycles. The highest BCUT2D eigenvalue weighted by molar-refractivity contribution is 5.05. The minimum atomic E-state index is 0.0795. The lowest BCUT2D eigenvalue weighted by Crippen LogP contribution is -2.42. The molecule has 1 aromatic heterocycles. The van der Waals surface area contributed by atoms with Crippen LogP contribution in [0.3, 0.4) is 0 Å². The van der Waals surface area contributed by atoms with Gasteiger partial charge < -0.3 is 14.4 Å². The van der Waals surface area contributed by atoms with Gasteiger partial charge in [-0.3, -0.25) is 4.98 Å². The van der Waals surface area contributed by atoms with Crippen molar-refractivity contribution in [3.63, 3.8) is 0 Å². The number of hydrogen-bond acceptors (Lipinski definition) is 4. The Morgan fingerprint density at radius 2 is 2.10 bits per heavy atom. The third kappa shape index (κ3) is 4.02. The number of nitrogens with zero attached hydrogens (tertiary/aromatic N) is 2. The highest BCUT2D eigenvalue weighted by Gasteiger charge is 2.30. The molecule has 21 heavy (non-hydrogen) atoms. The number of piperidine rings is 1. The zero-order valence-corrected chi connectivity index (χ0v) is 12.9. The average Bonchev–Trinajstić information content (AvgIpc) is 2.48. The molecule has 0 amide bonds. The first-order chi connectivity index (χ1) is 10.3. The Balaban J connectivity index is 1.33. The van der Waals surface area contributed by atoms with Crippen molar-refractivity contribution in [1.29, 1.82) is 0 Å². The number of rotatable bonds is 6. The predicted molar refractivity (Wildman–Crippen MR) is 82.1 cm³/mol. The third-order valence-corrected chi connectivity index (χ3v) is 4.84. The molecular weight excluding hydrogens is 264 g/mol. The van der Waals surface area contributed by atoms with E-state index in [1.807, 2.05) is 24.4 Å². The monoisotopic (exact) mass is 290 g/mol. The van der Waals surface area contributed by atoms with Gasteiger partial charge in [-0.15, -0.1) is 0 Å². The van der Waals surface area contributed by atoms with E-state index >= 15 is 0 Å². The Bertz CT molecular complexity index is 414. The first-order valence-corrected chi connectivity index (χ1v) is 8.15. The van der Waals surface area contributed by atoms with E-state index in [1.165, 1.54) is 25.9 Å². The van der Waals surface area contributed by atoms with Gasteiger partial charge in [0.2, 0.25) is 0 Å². The molecule has 2 aliphatic rings. The fraction of sp³-hybridized carbons (Fsp3) is 0.706. The van der Waals surface area contributed by atoms with E-state index in [1.54, 1.807) is 0 Å². The molecule has 3 rings (SSSR count). The van der Waals surface area contributed by atoms with Gasteiger partial charge in [-0.2, -0.15) is 0 Å². The Morgan fingerprint density at radius 3 is 2.71 bits per heavy atom. The molecular formula is C17H26N2O2. The molecule has 0 radical (unpaired) electrons. The highest BCUT2D eigenvalue weighted by Crippen LogP contribution is 2.29. The number of pyridine rings is 1. The maximum Gasteiger partial charge on any atom is 0.0967 e. The fourth-order valence-corrected chi connectivity index (χ4v) is 3.23. The SMILES string of the molecule is CC(OCCN1CCC(C2COC2)CC1)c1ccccn1. The van der Waals surface area contributed by atoms with Crippen LogP contribution in [0.5, 0.6) is 0 Å². The van der Waals surface area contributed by atoms with E-state index in [9.17, 15) is 0 Å². The summed E-state index contributed by atoms with van der Waals surface area (Å²) in [5.74, 6) is 1.73. The van der Waals surface area contributed by atoms with E-state index in [2.05, 4.69) is 16.8 Å². The van der Waals surface area contributed by atoms with Gasteiger partial charge in [0.05, 0.1) is 31.6 Å². The Kier molecular flexibility index (Phi) is 5.22. The lowest BCUT2D eigenvalue weighted by atomic mass is 9.83. The van der Waals surface area contributed by atoms with Crippen molar-refractivity contribution in [1.82, 2.24) is 9.88 Å². The van der Waals surface area contributed by atoms with Crippen LogP contribution < -0.4 is 0 Å². The van der Waals surface area contributed by atoms with Crippen LogP contribution in [0.15, 0.2) is 24.4 Å². The minimum Gasteiger partial charge on any atom is -0.381 e. The van der Waals surface area contributed by atoms with Gasteiger partial charge in [-0.05, 0) is 50.9 Å². The van der Waals surface area contributed by atoms with Crippen LogP contribution in [-0.2, 0) is 9.47 Å². The van der Waals surface area contributed by atoms with Gasteiger partial charge in [0, 0.05) is 18.7 Å². The van der Waals surface area contributed by atoms with Gasteiger partial charge in [-0.1, -0.05) is 6.07 Å². The molecule has 3 heterocycles. The summed E-state index contributed by atoms with van der Waals surface area (Å²) >= 11 is 0. The Labute approximate surface area is 127 Å². The highest BCUT2D eigenvalue weighted by atomic mass is 16.5. The van der Waals surface area contributed by atoms with Crippen LogP contribution in [0, 0.1) is 11.8 Å². The summed E-state index contributed by atoms with van der Waals surface area (Å²) in [4.78, 5) is 6.87. The van der Waals surface area contributed by atoms with E-state index in [4.69, 9.17) is 9.47 Å². The van der Waals surface area contributed by atoms with Crippen molar-refractivity contribution in [3.05, 3.63) is 30.1 Å². The van der Waals surface area contributed by atoms with Crippen molar-refractivity contribution < 1.29 is 9.47 Å². The first kappa shape index (κ1) is 14.9. The first-order valence-electron chi connectivity index (χ1n) is 8.15. The molecule has 1 aromatic rings. The summed E-state index contributed by atoms with van der Waals surface area (Å²) in [6.45, 7) is 8.31. The van der Waals surface area contributed by atoms with E-state index < -0.39 is 0 Å². The van der Waals surface area contributed by atoms with Gasteiger partial charge in [-0.25, -0.2) is 0 Å². The van der Waals surface area contributed by atoms with Crippen molar-refractivity contribution in [2.45, 2.75) is 25.9 Å². The van der Waals surface area contributed by atoms with E-state index in [0.717, 1.165) is 43.9 Å². The topological polar surface area (TPSA) is 34.6 Å². The summed E-state index contributed by atoms with van der Waals surface area (Å²) in [5, 5.41) is 0. The summed E-state index contributed by atoms with van der Waals surface area (Å²) < 4.78 is 11.2. The molecule has 0 aromatic carbocycles. The summed E-state index contributed by atoms with van der Waals surface area (Å²) in [6.07, 6.45) is 4.55. The minimum absolute atomic E-state index is 0.0795. The number of ether oxygens (including phenoxy) is 2. The number of hydrogen-bond donors (Lipinski definition) is 0. The summed E-state index contributed by atoms with van der Waals surface area (Å²) in [5.41, 5.74) is 1.01. The molecule has 2 aliphatic heterocycles. The van der Waals surface area contributed by atoms with E-state index in [-0.39, 0.29) is 6.10 Å². The van der Waals surface area contributed by atoms with Crippen molar-refractivity contribution >= 4 is 0 Å². The lowest BCUT2D eigenvalue weighted by molar-refractivity contribution is -0.0735. The van der Waals surface area contributed by atoms with Gasteiger partial charge in [0.25, 0.3) is 0 Å². The molecule has 4 heteroatoms. The molecule has 0 N–H and O–H groups in total. The normalized spacial score (nSPS) is 22.9. The molecule has 2 fully saturated rings. The maximum atomic E-state index is 5.91. The molecule has 4 nitrogen and oxygen atoms in total. The quantitative estimate of drug-likeness (QED) is 0.806. The van der Waals surface area contributed by atoms with Crippen LogP contribution in [0.1, 0.15) is 31.6 Å². The molecule has 116 valence electrons. The molecule has 0 bridgehead atoms. The van der Waals surface area contributed by atoms with Crippen LogP contribution in [-0.4, -0.2) is 49.3 Å². The maximum absolute atomic E-state index is 5.91. The zero-order valence-electron chi connectivity index (χ0n) is 12.9. The van der Waals surface area contributed by atoms with Crippen molar-refractivity contribution in [3.8, 4) is 0 Å². The van der Waals surface area contributed by atoms with E-state index in [0.29, 0.717) is 0 Å². The zero-order chi connectivity index (χ0) is 14.5. The standard InChI is InChI=1S/C17H26N2O2/c1-14(17-4-2-3-7-18-17)21-11-10-19-8-5-15(6-9-19)16-12-20-13-16/h2-4,7,14-16H,5-6,8-13H2,1H3. The second-order valence-corrected chi connectivity index (χ2v) is 6.24. The molecule has 0 aliphatic carbocycles. The van der Waals surface area contributed by atoms with Crippen LogP contribution in [0.4, 0.5) is 0 Å².